The molecule has 6 heteroatoms. The SMILES string of the molecule is CCn1cc2c(Oc3ccc(C)cc3)cc(C(=O)Nc3ccc(C)cn3)cc2c1O. The zero-order chi connectivity index (χ0) is 21.3. The summed E-state index contributed by atoms with van der Waals surface area (Å²) in [4.78, 5) is 17.1. The lowest BCUT2D eigenvalue weighted by Crippen LogP contribution is -2.13. The van der Waals surface area contributed by atoms with E-state index in [1.807, 2.05) is 57.3 Å². The maximum atomic E-state index is 12.9. The van der Waals surface area contributed by atoms with Crippen molar-refractivity contribution in [3.8, 4) is 17.4 Å². The minimum atomic E-state index is -0.328. The van der Waals surface area contributed by atoms with Crippen molar-refractivity contribution < 1.29 is 14.6 Å². The highest BCUT2D eigenvalue weighted by molar-refractivity contribution is 6.08. The molecule has 2 heterocycles. The van der Waals surface area contributed by atoms with Crippen LogP contribution in [0.1, 0.15) is 28.4 Å². The number of ether oxygens (including phenoxy) is 1. The van der Waals surface area contributed by atoms with Crippen LogP contribution in [-0.4, -0.2) is 20.6 Å². The average molecular weight is 401 g/mol. The van der Waals surface area contributed by atoms with Gasteiger partial charge in [0.2, 0.25) is 0 Å². The van der Waals surface area contributed by atoms with E-state index in [1.54, 1.807) is 29.0 Å². The highest BCUT2D eigenvalue weighted by Gasteiger charge is 2.18. The molecule has 0 aliphatic rings. The van der Waals surface area contributed by atoms with Crippen LogP contribution in [0.25, 0.3) is 10.8 Å². The third-order valence-electron chi connectivity index (χ3n) is 4.94. The number of aryl methyl sites for hydroxylation is 3. The van der Waals surface area contributed by atoms with Crippen LogP contribution in [0.4, 0.5) is 5.82 Å². The standard InChI is InChI=1S/C24H23N3O3/c1-4-27-14-20-19(24(27)29)11-17(23(28)26-22-10-7-16(3)13-25-22)12-21(20)30-18-8-5-15(2)6-9-18/h5-14,29H,4H2,1-3H3,(H,25,26,28). The van der Waals surface area contributed by atoms with E-state index >= 15 is 0 Å². The topological polar surface area (TPSA) is 76.4 Å². The van der Waals surface area contributed by atoms with Gasteiger partial charge in [0.05, 0.1) is 0 Å². The maximum Gasteiger partial charge on any atom is 0.256 e. The van der Waals surface area contributed by atoms with Crippen molar-refractivity contribution >= 4 is 22.5 Å². The number of hydrogen-bond acceptors (Lipinski definition) is 4. The van der Waals surface area contributed by atoms with E-state index in [2.05, 4.69) is 10.3 Å². The third kappa shape index (κ3) is 3.85. The van der Waals surface area contributed by atoms with Gasteiger partial charge in [-0.25, -0.2) is 4.98 Å². The minimum absolute atomic E-state index is 0.101. The second-order valence-electron chi connectivity index (χ2n) is 7.26. The molecule has 2 N–H and O–H groups in total. The molecule has 0 fully saturated rings. The number of aromatic nitrogens is 2. The molecule has 152 valence electrons. The number of aromatic hydroxyl groups is 1. The Labute approximate surface area is 174 Å². The van der Waals surface area contributed by atoms with Crippen LogP contribution < -0.4 is 10.1 Å². The fourth-order valence-electron chi connectivity index (χ4n) is 3.24. The minimum Gasteiger partial charge on any atom is -0.494 e. The second-order valence-corrected chi connectivity index (χ2v) is 7.26. The van der Waals surface area contributed by atoms with Crippen molar-refractivity contribution in [1.29, 1.82) is 0 Å². The summed E-state index contributed by atoms with van der Waals surface area (Å²) in [5, 5.41) is 14.7. The molecule has 6 nitrogen and oxygen atoms in total. The number of pyridine rings is 1. The molecule has 0 aliphatic carbocycles. The molecule has 0 aliphatic heterocycles. The largest absolute Gasteiger partial charge is 0.494 e. The third-order valence-corrected chi connectivity index (χ3v) is 4.94. The van der Waals surface area contributed by atoms with Crippen LogP contribution in [0.15, 0.2) is 60.9 Å². The van der Waals surface area contributed by atoms with Gasteiger partial charge in [0.1, 0.15) is 17.3 Å². The summed E-state index contributed by atoms with van der Waals surface area (Å²) in [5.74, 6) is 1.39. The van der Waals surface area contributed by atoms with Gasteiger partial charge in [0.15, 0.2) is 5.88 Å². The number of benzene rings is 2. The van der Waals surface area contributed by atoms with Crippen molar-refractivity contribution in [3.63, 3.8) is 0 Å². The fraction of sp³-hybridized carbons (Fsp3) is 0.167. The van der Waals surface area contributed by atoms with Crippen molar-refractivity contribution in [2.24, 2.45) is 0 Å². The first-order chi connectivity index (χ1) is 14.4. The number of nitrogens with zero attached hydrogens (tertiary/aromatic N) is 2. The predicted molar refractivity (Wildman–Crippen MR) is 117 cm³/mol. The molecule has 0 saturated heterocycles. The Kier molecular flexibility index (Phi) is 5.14. The Morgan fingerprint density at radius 3 is 2.47 bits per heavy atom. The Balaban J connectivity index is 1.75. The summed E-state index contributed by atoms with van der Waals surface area (Å²) in [7, 11) is 0. The van der Waals surface area contributed by atoms with Gasteiger partial charge >= 0.3 is 0 Å². The molecule has 0 bridgehead atoms. The first-order valence-electron chi connectivity index (χ1n) is 9.79. The van der Waals surface area contributed by atoms with Crippen molar-refractivity contribution in [3.05, 3.63) is 77.6 Å². The van der Waals surface area contributed by atoms with E-state index in [9.17, 15) is 9.90 Å². The summed E-state index contributed by atoms with van der Waals surface area (Å²) in [6.45, 7) is 6.48. The molecular formula is C24H23N3O3. The Morgan fingerprint density at radius 2 is 1.80 bits per heavy atom. The smallest absolute Gasteiger partial charge is 0.256 e. The molecule has 0 spiro atoms. The number of fused-ring (bicyclic) bond motifs is 1. The molecular weight excluding hydrogens is 378 g/mol. The molecule has 2 aromatic heterocycles. The second kappa shape index (κ2) is 7.91. The molecule has 0 saturated carbocycles. The number of rotatable bonds is 5. The molecule has 0 unspecified atom stereocenters. The van der Waals surface area contributed by atoms with Crippen LogP contribution in [-0.2, 0) is 6.54 Å². The van der Waals surface area contributed by atoms with Gasteiger partial charge in [-0.15, -0.1) is 0 Å². The highest BCUT2D eigenvalue weighted by atomic mass is 16.5. The molecule has 0 atom stereocenters. The molecule has 2 aromatic carbocycles. The molecule has 30 heavy (non-hydrogen) atoms. The van der Waals surface area contributed by atoms with Crippen LogP contribution >= 0.6 is 0 Å². The summed E-state index contributed by atoms with van der Waals surface area (Å²) in [6, 6.07) is 14.7. The van der Waals surface area contributed by atoms with E-state index in [-0.39, 0.29) is 11.8 Å². The Morgan fingerprint density at radius 1 is 1.07 bits per heavy atom. The number of carbonyl (C=O) groups excluding carboxylic acids is 1. The van der Waals surface area contributed by atoms with Crippen molar-refractivity contribution in [2.75, 3.05) is 5.32 Å². The van der Waals surface area contributed by atoms with Crippen LogP contribution in [0.3, 0.4) is 0 Å². The van der Waals surface area contributed by atoms with Gasteiger partial charge in [0.25, 0.3) is 5.91 Å². The molecule has 1 amide bonds. The number of hydrogen-bond donors (Lipinski definition) is 2. The van der Waals surface area contributed by atoms with Gasteiger partial charge in [0, 0.05) is 35.3 Å². The fourth-order valence-corrected chi connectivity index (χ4v) is 3.24. The van der Waals surface area contributed by atoms with E-state index < -0.39 is 0 Å². The zero-order valence-corrected chi connectivity index (χ0v) is 17.1. The molecule has 4 aromatic rings. The van der Waals surface area contributed by atoms with Crippen LogP contribution in [0.2, 0.25) is 0 Å². The number of amides is 1. The van der Waals surface area contributed by atoms with E-state index in [0.29, 0.717) is 34.8 Å². The normalized spacial score (nSPS) is 10.9. The summed E-state index contributed by atoms with van der Waals surface area (Å²) >= 11 is 0. The zero-order valence-electron chi connectivity index (χ0n) is 17.1. The van der Waals surface area contributed by atoms with Gasteiger partial charge in [-0.3, -0.25) is 4.79 Å². The van der Waals surface area contributed by atoms with E-state index in [1.165, 1.54) is 0 Å². The van der Waals surface area contributed by atoms with E-state index in [4.69, 9.17) is 4.74 Å². The first kappa shape index (κ1) is 19.5. The summed E-state index contributed by atoms with van der Waals surface area (Å²) < 4.78 is 7.81. The van der Waals surface area contributed by atoms with Crippen LogP contribution in [0, 0.1) is 13.8 Å². The lowest BCUT2D eigenvalue weighted by atomic mass is 10.1. The molecule has 0 radical (unpaired) electrons. The Bertz CT molecular complexity index is 1210. The highest BCUT2D eigenvalue weighted by Crippen LogP contribution is 2.37. The van der Waals surface area contributed by atoms with Crippen LogP contribution in [0.5, 0.6) is 17.4 Å². The number of anilines is 1. The quantitative estimate of drug-likeness (QED) is 0.468. The molecule has 4 rings (SSSR count). The van der Waals surface area contributed by atoms with E-state index in [0.717, 1.165) is 16.5 Å². The summed E-state index contributed by atoms with van der Waals surface area (Å²) in [5.41, 5.74) is 2.51. The summed E-state index contributed by atoms with van der Waals surface area (Å²) in [6.07, 6.45) is 3.52. The first-order valence-corrected chi connectivity index (χ1v) is 9.79. The van der Waals surface area contributed by atoms with Crippen molar-refractivity contribution in [2.45, 2.75) is 27.3 Å². The van der Waals surface area contributed by atoms with Gasteiger partial charge in [-0.05, 0) is 56.7 Å². The van der Waals surface area contributed by atoms with Crippen molar-refractivity contribution in [1.82, 2.24) is 9.55 Å². The lowest BCUT2D eigenvalue weighted by molar-refractivity contribution is 0.102. The maximum absolute atomic E-state index is 12.9. The Hall–Kier alpha value is -3.80. The number of carbonyl (C=O) groups is 1. The predicted octanol–water partition coefficient (Wildman–Crippen LogP) is 5.42. The number of nitrogens with one attached hydrogen (secondary N) is 1. The van der Waals surface area contributed by atoms with Gasteiger partial charge < -0.3 is 19.7 Å². The van der Waals surface area contributed by atoms with Gasteiger partial charge in [-0.2, -0.15) is 0 Å². The lowest BCUT2D eigenvalue weighted by Gasteiger charge is -2.10. The van der Waals surface area contributed by atoms with Gasteiger partial charge in [-0.1, -0.05) is 23.8 Å². The average Bonchev–Trinajstić information content (AvgIpc) is 3.07. The monoisotopic (exact) mass is 401 g/mol.